The summed E-state index contributed by atoms with van der Waals surface area (Å²) in [6.07, 6.45) is 1.86. The monoisotopic (exact) mass is 768 g/mol. The molecule has 0 unspecified atom stereocenters. The molecule has 8 aromatic carbocycles. The Morgan fingerprint density at radius 2 is 0.767 bits per heavy atom. The van der Waals surface area contributed by atoms with Gasteiger partial charge < -0.3 is 4.74 Å². The molecule has 10 aromatic rings. The van der Waals surface area contributed by atoms with E-state index >= 15 is 0 Å². The van der Waals surface area contributed by atoms with E-state index in [4.69, 9.17) is 19.7 Å². The summed E-state index contributed by atoms with van der Waals surface area (Å²) >= 11 is 0. The minimum absolute atomic E-state index is 0.614. The summed E-state index contributed by atoms with van der Waals surface area (Å²) in [6.45, 7) is 0. The van der Waals surface area contributed by atoms with Crippen molar-refractivity contribution in [1.29, 1.82) is 0 Å². The van der Waals surface area contributed by atoms with Crippen LogP contribution in [0.2, 0.25) is 0 Å². The molecule has 0 bridgehead atoms. The summed E-state index contributed by atoms with van der Waals surface area (Å²) in [4.78, 5) is 19.6. The molecule has 60 heavy (non-hydrogen) atoms. The molecular formula is C55H36N4O. The second kappa shape index (κ2) is 14.7. The lowest BCUT2D eigenvalue weighted by atomic mass is 9.63. The Hall–Kier alpha value is -8.02. The minimum Gasteiger partial charge on any atom is -0.457 e. The average molecular weight is 769 g/mol. The number of aromatic nitrogens is 4. The van der Waals surface area contributed by atoms with Crippen LogP contribution in [0.3, 0.4) is 0 Å². The summed E-state index contributed by atoms with van der Waals surface area (Å²) in [5.41, 5.74) is 12.1. The molecule has 1 aliphatic rings. The number of hydrogen-bond donors (Lipinski definition) is 0. The maximum absolute atomic E-state index is 6.62. The molecule has 5 heteroatoms. The highest BCUT2D eigenvalue weighted by Gasteiger charge is 2.45. The van der Waals surface area contributed by atoms with Gasteiger partial charge in [0.05, 0.1) is 10.9 Å². The SMILES string of the molecule is c1ccc(-c2nc(-c3ccccc3)nc(-c3ccc(C4(c5ccc(-c6ccc(-c7cccc8cccnc78)cc6)cc5)c5ccccc5Oc5ccccc54)cc3)n2)cc1. The van der Waals surface area contributed by atoms with Crippen LogP contribution in [0.5, 0.6) is 11.5 Å². The van der Waals surface area contributed by atoms with E-state index in [-0.39, 0.29) is 0 Å². The zero-order valence-electron chi connectivity index (χ0n) is 32.5. The predicted molar refractivity (Wildman–Crippen MR) is 241 cm³/mol. The lowest BCUT2D eigenvalue weighted by Crippen LogP contribution is -2.34. The van der Waals surface area contributed by atoms with Crippen LogP contribution in [0.25, 0.3) is 67.3 Å². The molecule has 2 aromatic heterocycles. The van der Waals surface area contributed by atoms with Gasteiger partial charge >= 0.3 is 0 Å². The molecule has 5 nitrogen and oxygen atoms in total. The fraction of sp³-hybridized carbons (Fsp3) is 0.0182. The number of fused-ring (bicyclic) bond motifs is 3. The van der Waals surface area contributed by atoms with Gasteiger partial charge in [-0.15, -0.1) is 0 Å². The largest absolute Gasteiger partial charge is 0.457 e. The smallest absolute Gasteiger partial charge is 0.164 e. The average Bonchev–Trinajstić information content (AvgIpc) is 3.34. The molecule has 282 valence electrons. The number of para-hydroxylation sites is 3. The van der Waals surface area contributed by atoms with Crippen molar-refractivity contribution >= 4 is 10.9 Å². The van der Waals surface area contributed by atoms with Gasteiger partial charge in [-0.25, -0.2) is 15.0 Å². The second-order valence-electron chi connectivity index (χ2n) is 15.0. The number of nitrogens with zero attached hydrogens (tertiary/aromatic N) is 4. The molecule has 0 radical (unpaired) electrons. The first-order chi connectivity index (χ1) is 29.7. The van der Waals surface area contributed by atoms with Crippen LogP contribution in [0, 0.1) is 0 Å². The Bertz CT molecular complexity index is 3040. The van der Waals surface area contributed by atoms with Crippen LogP contribution < -0.4 is 4.74 Å². The van der Waals surface area contributed by atoms with Crippen LogP contribution in [0.4, 0.5) is 0 Å². The topological polar surface area (TPSA) is 60.8 Å². The highest BCUT2D eigenvalue weighted by Crippen LogP contribution is 2.55. The van der Waals surface area contributed by atoms with Crippen LogP contribution in [-0.2, 0) is 5.41 Å². The molecule has 3 heterocycles. The van der Waals surface area contributed by atoms with E-state index in [0.717, 1.165) is 83.6 Å². The minimum atomic E-state index is -0.683. The normalized spacial score (nSPS) is 12.6. The molecule has 11 rings (SSSR count). The Labute approximate surface area is 348 Å². The second-order valence-corrected chi connectivity index (χ2v) is 15.0. The third kappa shape index (κ3) is 6.03. The molecule has 0 saturated carbocycles. The van der Waals surface area contributed by atoms with Crippen molar-refractivity contribution < 1.29 is 4.74 Å². The molecule has 0 spiro atoms. The Kier molecular flexibility index (Phi) is 8.63. The van der Waals surface area contributed by atoms with Crippen LogP contribution in [-0.4, -0.2) is 19.9 Å². The van der Waals surface area contributed by atoms with Crippen LogP contribution >= 0.6 is 0 Å². The van der Waals surface area contributed by atoms with Gasteiger partial charge in [0, 0.05) is 45.0 Å². The molecule has 0 amide bonds. The van der Waals surface area contributed by atoms with E-state index in [2.05, 4.69) is 138 Å². The summed E-state index contributed by atoms with van der Waals surface area (Å²) in [5.74, 6) is 3.55. The van der Waals surface area contributed by atoms with Gasteiger partial charge in [-0.1, -0.05) is 194 Å². The summed E-state index contributed by atoms with van der Waals surface area (Å²) in [6, 6.07) is 73.9. The number of rotatable bonds is 7. The van der Waals surface area contributed by atoms with Gasteiger partial charge in [0.15, 0.2) is 17.5 Å². The maximum Gasteiger partial charge on any atom is 0.164 e. The summed E-state index contributed by atoms with van der Waals surface area (Å²) in [7, 11) is 0. The highest BCUT2D eigenvalue weighted by atomic mass is 16.5. The highest BCUT2D eigenvalue weighted by molar-refractivity contribution is 5.93. The number of benzene rings is 8. The Balaban J connectivity index is 1.02. The van der Waals surface area contributed by atoms with Crippen molar-refractivity contribution in [3.05, 3.63) is 241 Å². The van der Waals surface area contributed by atoms with Crippen molar-refractivity contribution in [2.45, 2.75) is 5.41 Å². The van der Waals surface area contributed by atoms with E-state index in [1.54, 1.807) is 0 Å². The number of ether oxygens (including phenoxy) is 1. The molecule has 1 aliphatic heterocycles. The van der Waals surface area contributed by atoms with Crippen LogP contribution in [0.15, 0.2) is 219 Å². The molecular weight excluding hydrogens is 733 g/mol. The van der Waals surface area contributed by atoms with Crippen LogP contribution in [0.1, 0.15) is 22.3 Å². The third-order valence-corrected chi connectivity index (χ3v) is 11.6. The first-order valence-electron chi connectivity index (χ1n) is 20.1. The van der Waals surface area contributed by atoms with E-state index < -0.39 is 5.41 Å². The Morgan fingerprint density at radius 1 is 0.333 bits per heavy atom. The van der Waals surface area contributed by atoms with Crippen molar-refractivity contribution in [2.75, 3.05) is 0 Å². The van der Waals surface area contributed by atoms with Gasteiger partial charge in [-0.05, 0) is 46.0 Å². The predicted octanol–water partition coefficient (Wildman–Crippen LogP) is 13.2. The van der Waals surface area contributed by atoms with E-state index in [9.17, 15) is 0 Å². The lowest BCUT2D eigenvalue weighted by Gasteiger charge is -2.41. The van der Waals surface area contributed by atoms with Crippen molar-refractivity contribution in [3.63, 3.8) is 0 Å². The van der Waals surface area contributed by atoms with Gasteiger partial charge in [0.25, 0.3) is 0 Å². The molecule has 0 fully saturated rings. The standard InChI is InChI=1S/C55H36N4O/c1-3-13-41(14-4-1)52-57-53(42-15-5-2-6-16-42)59-54(58-52)43-30-34-45(35-31-43)55(47-20-7-9-22-49(47)60-50-23-10-8-21-48(50)55)44-32-28-38(29-33-44)37-24-26-39(27-25-37)46-19-11-17-40-18-12-36-56-51(40)46/h1-36H. The zero-order chi connectivity index (χ0) is 39.9. The number of pyridine rings is 1. The quantitative estimate of drug-likeness (QED) is 0.162. The molecule has 0 aliphatic carbocycles. The van der Waals surface area contributed by atoms with Gasteiger partial charge in [-0.3, -0.25) is 4.98 Å². The summed E-state index contributed by atoms with van der Waals surface area (Å²) < 4.78 is 6.62. The van der Waals surface area contributed by atoms with Crippen molar-refractivity contribution in [3.8, 4) is 67.9 Å². The summed E-state index contributed by atoms with van der Waals surface area (Å²) in [5, 5.41) is 1.13. The van der Waals surface area contributed by atoms with E-state index in [0.29, 0.717) is 17.5 Å². The van der Waals surface area contributed by atoms with Gasteiger partial charge in [0.2, 0.25) is 0 Å². The molecule has 0 saturated heterocycles. The van der Waals surface area contributed by atoms with E-state index in [1.807, 2.05) is 85.1 Å². The maximum atomic E-state index is 6.62. The molecule has 0 N–H and O–H groups in total. The van der Waals surface area contributed by atoms with Gasteiger partial charge in [0.1, 0.15) is 11.5 Å². The van der Waals surface area contributed by atoms with Gasteiger partial charge in [-0.2, -0.15) is 0 Å². The zero-order valence-corrected chi connectivity index (χ0v) is 32.5. The Morgan fingerprint density at radius 3 is 1.32 bits per heavy atom. The van der Waals surface area contributed by atoms with Crippen molar-refractivity contribution in [2.24, 2.45) is 0 Å². The van der Waals surface area contributed by atoms with Crippen molar-refractivity contribution in [1.82, 2.24) is 19.9 Å². The number of hydrogen-bond acceptors (Lipinski definition) is 5. The fourth-order valence-corrected chi connectivity index (χ4v) is 8.68. The van der Waals surface area contributed by atoms with E-state index in [1.165, 1.54) is 0 Å². The first-order valence-corrected chi connectivity index (χ1v) is 20.1. The molecule has 0 atom stereocenters. The third-order valence-electron chi connectivity index (χ3n) is 11.6. The lowest BCUT2D eigenvalue weighted by molar-refractivity contribution is 0.434. The first kappa shape index (κ1) is 35.2. The fourth-order valence-electron chi connectivity index (χ4n) is 8.68.